The van der Waals surface area contributed by atoms with Gasteiger partial charge in [-0.3, -0.25) is 14.6 Å². The quantitative estimate of drug-likeness (QED) is 0.293. The molecule has 0 unspecified atom stereocenters. The second-order valence-corrected chi connectivity index (χ2v) is 9.93. The summed E-state index contributed by atoms with van der Waals surface area (Å²) in [5.74, 6) is -0.728. The number of carboxylic acid groups (broad SMARTS) is 2. The molecule has 0 aliphatic rings. The van der Waals surface area contributed by atoms with Crippen LogP contribution < -0.4 is 0 Å². The summed E-state index contributed by atoms with van der Waals surface area (Å²) in [5, 5.41) is 17.9. The molecule has 7 heteroatoms. The van der Waals surface area contributed by atoms with Crippen LogP contribution in [0.5, 0.6) is 0 Å². The van der Waals surface area contributed by atoms with Crippen molar-refractivity contribution in [1.82, 2.24) is 4.98 Å². The van der Waals surface area contributed by atoms with Gasteiger partial charge in [-0.2, -0.15) is 0 Å². The highest BCUT2D eigenvalue weighted by atomic mass is 32.2. The van der Waals surface area contributed by atoms with Crippen molar-refractivity contribution >= 4 is 47.6 Å². The van der Waals surface area contributed by atoms with Crippen molar-refractivity contribution in [3.63, 3.8) is 0 Å². The lowest BCUT2D eigenvalue weighted by Gasteiger charge is -2.16. The monoisotopic (exact) mass is 479 g/mol. The van der Waals surface area contributed by atoms with Crippen LogP contribution in [-0.4, -0.2) is 38.6 Å². The Hall–Kier alpha value is -3.03. The smallest absolute Gasteiger partial charge is 0.304 e. The molecule has 2 aromatic carbocycles. The molecule has 2 N–H and O–H groups in total. The van der Waals surface area contributed by atoms with Crippen molar-refractivity contribution in [3.8, 4) is 11.1 Å². The molecule has 1 heterocycles. The molecular formula is C26H25NO4S2. The molecule has 0 radical (unpaired) electrons. The predicted octanol–water partition coefficient (Wildman–Crippen LogP) is 6.33. The van der Waals surface area contributed by atoms with E-state index in [9.17, 15) is 9.59 Å². The number of hydrogen-bond donors (Lipinski definition) is 2. The van der Waals surface area contributed by atoms with Gasteiger partial charge in [0.1, 0.15) is 0 Å². The lowest BCUT2D eigenvalue weighted by Crippen LogP contribution is -2.01. The predicted molar refractivity (Wildman–Crippen MR) is 137 cm³/mol. The van der Waals surface area contributed by atoms with E-state index in [2.05, 4.69) is 23.2 Å². The average Bonchev–Trinajstić information content (AvgIpc) is 2.82. The van der Waals surface area contributed by atoms with Crippen LogP contribution in [0.3, 0.4) is 0 Å². The fraction of sp³-hybridized carbons (Fsp3) is 0.192. The van der Waals surface area contributed by atoms with Gasteiger partial charge in [0, 0.05) is 23.3 Å². The Kier molecular flexibility index (Phi) is 9.59. The Bertz CT molecular complexity index is 1060. The number of aliphatic carboxylic acids is 2. The maximum atomic E-state index is 10.9. The van der Waals surface area contributed by atoms with Gasteiger partial charge in [0.2, 0.25) is 0 Å². The van der Waals surface area contributed by atoms with Crippen LogP contribution in [0, 0.1) is 0 Å². The van der Waals surface area contributed by atoms with E-state index in [-0.39, 0.29) is 17.4 Å². The molecule has 0 spiro atoms. The normalized spacial score (nSPS) is 11.2. The Labute approximate surface area is 202 Å². The highest BCUT2D eigenvalue weighted by molar-refractivity contribution is 8.16. The van der Waals surface area contributed by atoms with Crippen molar-refractivity contribution in [1.29, 1.82) is 0 Å². The summed E-state index contributed by atoms with van der Waals surface area (Å²) in [5.41, 5.74) is 5.08. The Morgan fingerprint density at radius 2 is 1.52 bits per heavy atom. The van der Waals surface area contributed by atoms with Gasteiger partial charge in [0.25, 0.3) is 0 Å². The molecule has 0 saturated heterocycles. The maximum Gasteiger partial charge on any atom is 0.304 e. The fourth-order valence-corrected chi connectivity index (χ4v) is 5.70. The van der Waals surface area contributed by atoms with Gasteiger partial charge in [0.15, 0.2) is 0 Å². The van der Waals surface area contributed by atoms with Crippen LogP contribution in [0.1, 0.15) is 34.2 Å². The third kappa shape index (κ3) is 8.44. The van der Waals surface area contributed by atoms with Crippen LogP contribution in [-0.2, 0) is 9.59 Å². The van der Waals surface area contributed by atoms with E-state index in [0.29, 0.717) is 11.5 Å². The average molecular weight is 480 g/mol. The molecule has 0 fully saturated rings. The lowest BCUT2D eigenvalue weighted by molar-refractivity contribution is -0.137. The summed E-state index contributed by atoms with van der Waals surface area (Å²) in [4.78, 5) is 26.3. The first-order valence-electron chi connectivity index (χ1n) is 10.5. The van der Waals surface area contributed by atoms with Crippen LogP contribution >= 0.6 is 23.5 Å². The number of benzene rings is 2. The second kappa shape index (κ2) is 12.9. The summed E-state index contributed by atoms with van der Waals surface area (Å²) in [6.07, 6.45) is 5.96. The third-order valence-corrected chi connectivity index (χ3v) is 7.54. The number of carbonyl (C=O) groups is 2. The van der Waals surface area contributed by atoms with Gasteiger partial charge in [-0.15, -0.1) is 23.5 Å². The van der Waals surface area contributed by atoms with Gasteiger partial charge in [-0.05, 0) is 34.9 Å². The van der Waals surface area contributed by atoms with Crippen molar-refractivity contribution in [2.24, 2.45) is 0 Å². The minimum absolute atomic E-state index is 0.0275. The molecule has 170 valence electrons. The summed E-state index contributed by atoms with van der Waals surface area (Å²) in [6, 6.07) is 22.1. The number of pyridine rings is 1. The van der Waals surface area contributed by atoms with Crippen LogP contribution in [0.2, 0.25) is 0 Å². The molecule has 3 aromatic rings. The number of carboxylic acids is 2. The van der Waals surface area contributed by atoms with Crippen LogP contribution in [0.4, 0.5) is 0 Å². The first-order valence-corrected chi connectivity index (χ1v) is 12.6. The van der Waals surface area contributed by atoms with Gasteiger partial charge >= 0.3 is 11.9 Å². The summed E-state index contributed by atoms with van der Waals surface area (Å²) >= 11 is 3.06. The zero-order chi connectivity index (χ0) is 23.5. The largest absolute Gasteiger partial charge is 0.481 e. The lowest BCUT2D eigenvalue weighted by atomic mass is 10.1. The van der Waals surface area contributed by atoms with E-state index >= 15 is 0 Å². The van der Waals surface area contributed by atoms with Crippen molar-refractivity contribution in [2.45, 2.75) is 17.4 Å². The number of thioether (sulfide) groups is 2. The zero-order valence-electron chi connectivity index (χ0n) is 18.0. The Morgan fingerprint density at radius 3 is 2.12 bits per heavy atom. The van der Waals surface area contributed by atoms with E-state index in [1.54, 1.807) is 0 Å². The van der Waals surface area contributed by atoms with Gasteiger partial charge in [-0.25, -0.2) is 0 Å². The van der Waals surface area contributed by atoms with Crippen molar-refractivity contribution in [2.75, 3.05) is 11.5 Å². The van der Waals surface area contributed by atoms with E-state index in [4.69, 9.17) is 10.2 Å². The number of rotatable bonds is 12. The first-order chi connectivity index (χ1) is 16.0. The fourth-order valence-electron chi connectivity index (χ4n) is 3.04. The highest BCUT2D eigenvalue weighted by Gasteiger charge is 2.14. The summed E-state index contributed by atoms with van der Waals surface area (Å²) in [6.45, 7) is 0. The minimum atomic E-state index is -0.834. The Morgan fingerprint density at radius 1 is 0.818 bits per heavy atom. The molecule has 1 aromatic heterocycles. The Balaban J connectivity index is 1.69. The first kappa shape index (κ1) is 24.6. The third-order valence-electron chi connectivity index (χ3n) is 4.69. The number of aromatic nitrogens is 1. The molecule has 0 atom stereocenters. The van der Waals surface area contributed by atoms with E-state index in [1.165, 1.54) is 23.5 Å². The van der Waals surface area contributed by atoms with E-state index < -0.39 is 11.9 Å². The topological polar surface area (TPSA) is 87.5 Å². The molecule has 3 rings (SSSR count). The van der Waals surface area contributed by atoms with Crippen molar-refractivity contribution in [3.05, 3.63) is 89.7 Å². The molecule has 0 aliphatic carbocycles. The molecular weight excluding hydrogens is 454 g/mol. The van der Waals surface area contributed by atoms with E-state index in [0.717, 1.165) is 27.9 Å². The molecule has 0 aliphatic heterocycles. The standard InChI is InChI=1S/C26H25NO4S2/c28-24(29)13-15-32-26(33-16-14-25(30)31)21-8-4-5-19(17-21)9-11-23-12-10-22(18-27-23)20-6-2-1-3-7-20/h1-12,17-18,26H,13-16H2,(H,28,29)(H,30,31). The second-order valence-electron chi connectivity index (χ2n) is 7.20. The minimum Gasteiger partial charge on any atom is -0.481 e. The molecule has 0 amide bonds. The number of hydrogen-bond acceptors (Lipinski definition) is 5. The number of nitrogens with zero attached hydrogens (tertiary/aromatic N) is 1. The molecule has 33 heavy (non-hydrogen) atoms. The van der Waals surface area contributed by atoms with Crippen LogP contribution in [0.25, 0.3) is 23.3 Å². The van der Waals surface area contributed by atoms with Gasteiger partial charge < -0.3 is 10.2 Å². The summed E-state index contributed by atoms with van der Waals surface area (Å²) < 4.78 is -0.0275. The van der Waals surface area contributed by atoms with Crippen LogP contribution in [0.15, 0.2) is 72.9 Å². The molecule has 5 nitrogen and oxygen atoms in total. The maximum absolute atomic E-state index is 10.9. The highest BCUT2D eigenvalue weighted by Crippen LogP contribution is 2.40. The van der Waals surface area contributed by atoms with E-state index in [1.807, 2.05) is 66.9 Å². The molecule has 0 saturated carbocycles. The van der Waals surface area contributed by atoms with Crippen molar-refractivity contribution < 1.29 is 19.8 Å². The summed E-state index contributed by atoms with van der Waals surface area (Å²) in [7, 11) is 0. The SMILES string of the molecule is O=C(O)CCSC(SCCC(=O)O)c1cccc(C=Cc2ccc(-c3ccccc3)cn2)c1. The zero-order valence-corrected chi connectivity index (χ0v) is 19.6. The van der Waals surface area contributed by atoms with Gasteiger partial charge in [0.05, 0.1) is 23.1 Å². The molecule has 0 bridgehead atoms. The van der Waals surface area contributed by atoms with Gasteiger partial charge in [-0.1, -0.05) is 60.7 Å².